The van der Waals surface area contributed by atoms with Gasteiger partial charge in [0.05, 0.1) is 12.2 Å². The van der Waals surface area contributed by atoms with E-state index in [9.17, 15) is 9.59 Å². The summed E-state index contributed by atoms with van der Waals surface area (Å²) in [5, 5.41) is 8.41. The Kier molecular flexibility index (Phi) is 9.84. The number of ether oxygens (including phenoxy) is 1. The van der Waals surface area contributed by atoms with Crippen molar-refractivity contribution in [3.8, 4) is 0 Å². The van der Waals surface area contributed by atoms with Gasteiger partial charge in [-0.1, -0.05) is 66.3 Å². The van der Waals surface area contributed by atoms with E-state index in [1.807, 2.05) is 6.92 Å². The monoisotopic (exact) mass is 501 g/mol. The molecule has 1 amide bonds. The number of halogens is 3. The molecule has 31 heavy (non-hydrogen) atoms. The Morgan fingerprint density at radius 2 is 1.65 bits per heavy atom. The van der Waals surface area contributed by atoms with E-state index < -0.39 is 15.9 Å². The van der Waals surface area contributed by atoms with Crippen LogP contribution in [0.3, 0.4) is 0 Å². The first kappa shape index (κ1) is 25.2. The van der Waals surface area contributed by atoms with Gasteiger partial charge in [0.1, 0.15) is 6.17 Å². The molecule has 3 N–H and O–H groups in total. The van der Waals surface area contributed by atoms with Crippen LogP contribution in [0, 0.1) is 0 Å². The van der Waals surface area contributed by atoms with E-state index in [0.717, 1.165) is 12.8 Å². The topological polar surface area (TPSA) is 79.5 Å². The zero-order valence-corrected chi connectivity index (χ0v) is 19.7. The van der Waals surface area contributed by atoms with Crippen LogP contribution >= 0.6 is 47.0 Å². The van der Waals surface area contributed by atoms with Gasteiger partial charge in [-0.3, -0.25) is 4.79 Å². The standard InChI is InChI=1S/C21H22Cl3N3O3S/c1-2-3-13-30-18(29)15-9-11-16(12-10-15)25-20(31)27-19(21(22,23)24)26-17(28)14-7-5-4-6-8-14/h4-12,19H,2-3,13H2,1H3,(H,26,28)(H2,25,27,31)/t19-/m0/s1. The van der Waals surface area contributed by atoms with E-state index in [4.69, 9.17) is 51.8 Å². The molecule has 0 fully saturated rings. The highest BCUT2D eigenvalue weighted by Gasteiger charge is 2.34. The number of anilines is 1. The van der Waals surface area contributed by atoms with Crippen molar-refractivity contribution in [3.05, 3.63) is 65.7 Å². The number of esters is 1. The van der Waals surface area contributed by atoms with E-state index in [2.05, 4.69) is 16.0 Å². The van der Waals surface area contributed by atoms with Crippen LogP contribution in [0.5, 0.6) is 0 Å². The first-order valence-corrected chi connectivity index (χ1v) is 11.0. The van der Waals surface area contributed by atoms with Crippen molar-refractivity contribution in [2.24, 2.45) is 0 Å². The Hall–Kier alpha value is -2.06. The predicted octanol–water partition coefficient (Wildman–Crippen LogP) is 5.06. The number of alkyl halides is 3. The largest absolute Gasteiger partial charge is 0.462 e. The highest BCUT2D eigenvalue weighted by Crippen LogP contribution is 2.29. The molecule has 0 aliphatic rings. The van der Waals surface area contributed by atoms with Gasteiger partial charge in [0.2, 0.25) is 3.79 Å². The van der Waals surface area contributed by atoms with Gasteiger partial charge in [-0.2, -0.15) is 0 Å². The minimum Gasteiger partial charge on any atom is -0.462 e. The molecule has 2 aromatic carbocycles. The minimum atomic E-state index is -1.87. The van der Waals surface area contributed by atoms with E-state index in [1.165, 1.54) is 0 Å². The number of carbonyl (C=O) groups is 2. The SMILES string of the molecule is CCCCOC(=O)c1ccc(NC(=S)N[C@H](NC(=O)c2ccccc2)C(Cl)(Cl)Cl)cc1. The van der Waals surface area contributed by atoms with E-state index in [1.54, 1.807) is 54.6 Å². The summed E-state index contributed by atoms with van der Waals surface area (Å²) in [4.78, 5) is 24.4. The lowest BCUT2D eigenvalue weighted by Gasteiger charge is -2.27. The molecule has 2 aromatic rings. The molecule has 0 bridgehead atoms. The molecule has 1 atom stereocenters. The van der Waals surface area contributed by atoms with Crippen molar-refractivity contribution < 1.29 is 14.3 Å². The molecule has 0 radical (unpaired) electrons. The lowest BCUT2D eigenvalue weighted by Crippen LogP contribution is -2.56. The first-order valence-electron chi connectivity index (χ1n) is 9.48. The van der Waals surface area contributed by atoms with Crippen LogP contribution in [-0.4, -0.2) is 33.6 Å². The maximum absolute atomic E-state index is 12.4. The van der Waals surface area contributed by atoms with Crippen molar-refractivity contribution in [1.29, 1.82) is 0 Å². The van der Waals surface area contributed by atoms with Gasteiger partial charge in [0, 0.05) is 11.3 Å². The molecule has 0 aliphatic heterocycles. The second kappa shape index (κ2) is 12.1. The molecule has 0 heterocycles. The number of hydrogen-bond acceptors (Lipinski definition) is 4. The zero-order valence-electron chi connectivity index (χ0n) is 16.7. The zero-order chi connectivity index (χ0) is 22.9. The van der Waals surface area contributed by atoms with Crippen molar-refractivity contribution in [1.82, 2.24) is 10.6 Å². The molecule has 0 aliphatic carbocycles. The second-order valence-corrected chi connectivity index (χ2v) is 9.26. The summed E-state index contributed by atoms with van der Waals surface area (Å²) in [5.41, 5.74) is 1.43. The minimum absolute atomic E-state index is 0.114. The summed E-state index contributed by atoms with van der Waals surface area (Å²) in [6.07, 6.45) is 0.663. The molecule has 0 saturated heterocycles. The molecule has 0 aromatic heterocycles. The Labute approximate surface area is 201 Å². The van der Waals surface area contributed by atoms with Gasteiger partial charge in [-0.05, 0) is 55.0 Å². The second-order valence-electron chi connectivity index (χ2n) is 6.48. The summed E-state index contributed by atoms with van der Waals surface area (Å²) < 4.78 is 3.30. The number of benzene rings is 2. The van der Waals surface area contributed by atoms with Crippen LogP contribution in [0.2, 0.25) is 0 Å². The average molecular weight is 503 g/mol. The van der Waals surface area contributed by atoms with Gasteiger partial charge in [-0.25, -0.2) is 4.79 Å². The van der Waals surface area contributed by atoms with Gasteiger partial charge in [0.25, 0.3) is 5.91 Å². The van der Waals surface area contributed by atoms with Crippen LogP contribution < -0.4 is 16.0 Å². The molecule has 10 heteroatoms. The fraction of sp³-hybridized carbons (Fsp3) is 0.286. The first-order chi connectivity index (χ1) is 14.7. The summed E-state index contributed by atoms with van der Waals surface area (Å²) >= 11 is 23.3. The number of thiocarbonyl (C=S) groups is 1. The van der Waals surface area contributed by atoms with Gasteiger partial charge >= 0.3 is 5.97 Å². The van der Waals surface area contributed by atoms with Gasteiger partial charge in [0.15, 0.2) is 5.11 Å². The maximum Gasteiger partial charge on any atom is 0.338 e. The van der Waals surface area contributed by atoms with Crippen LogP contribution in [0.15, 0.2) is 54.6 Å². The van der Waals surface area contributed by atoms with Crippen LogP contribution in [0.25, 0.3) is 0 Å². The van der Waals surface area contributed by atoms with Crippen LogP contribution in [-0.2, 0) is 4.74 Å². The van der Waals surface area contributed by atoms with Crippen molar-refractivity contribution >= 4 is 69.7 Å². The summed E-state index contributed by atoms with van der Waals surface area (Å²) in [7, 11) is 0. The van der Waals surface area contributed by atoms with Crippen molar-refractivity contribution in [2.75, 3.05) is 11.9 Å². The molecular weight excluding hydrogens is 481 g/mol. The molecule has 0 spiro atoms. The van der Waals surface area contributed by atoms with E-state index in [0.29, 0.717) is 23.4 Å². The fourth-order valence-electron chi connectivity index (χ4n) is 2.38. The third kappa shape index (κ3) is 8.53. The van der Waals surface area contributed by atoms with Crippen molar-refractivity contribution in [3.63, 3.8) is 0 Å². The van der Waals surface area contributed by atoms with E-state index in [-0.39, 0.29) is 11.1 Å². The smallest absolute Gasteiger partial charge is 0.338 e. The number of unbranched alkanes of at least 4 members (excludes halogenated alkanes) is 1. The number of hydrogen-bond donors (Lipinski definition) is 3. The predicted molar refractivity (Wildman–Crippen MR) is 129 cm³/mol. The maximum atomic E-state index is 12.4. The fourth-order valence-corrected chi connectivity index (χ4v) is 2.95. The molecule has 0 unspecified atom stereocenters. The highest BCUT2D eigenvalue weighted by atomic mass is 35.6. The molecule has 0 saturated carbocycles. The molecule has 2 rings (SSSR count). The Morgan fingerprint density at radius 1 is 1.00 bits per heavy atom. The Morgan fingerprint density at radius 3 is 2.23 bits per heavy atom. The average Bonchev–Trinajstić information content (AvgIpc) is 2.73. The summed E-state index contributed by atoms with van der Waals surface area (Å²) in [5.74, 6) is -0.821. The van der Waals surface area contributed by atoms with Crippen LogP contribution in [0.1, 0.15) is 40.5 Å². The number of amides is 1. The molecule has 6 nitrogen and oxygen atoms in total. The summed E-state index contributed by atoms with van der Waals surface area (Å²) in [6.45, 7) is 2.40. The third-order valence-corrected chi connectivity index (χ3v) is 4.90. The van der Waals surface area contributed by atoms with E-state index >= 15 is 0 Å². The quantitative estimate of drug-likeness (QED) is 0.154. The van der Waals surface area contributed by atoms with Crippen molar-refractivity contribution in [2.45, 2.75) is 29.7 Å². The number of rotatable bonds is 8. The number of nitrogens with one attached hydrogen (secondary N) is 3. The number of carbonyl (C=O) groups excluding carboxylic acids is 2. The molecular formula is C21H22Cl3N3O3S. The Bertz CT molecular complexity index is 890. The van der Waals surface area contributed by atoms with Gasteiger partial charge in [-0.15, -0.1) is 0 Å². The lowest BCUT2D eigenvalue weighted by atomic mass is 10.2. The third-order valence-electron chi connectivity index (χ3n) is 4.02. The van der Waals surface area contributed by atoms with Crippen LogP contribution in [0.4, 0.5) is 5.69 Å². The Balaban J connectivity index is 1.96. The normalized spacial score (nSPS) is 11.9. The van der Waals surface area contributed by atoms with Gasteiger partial charge < -0.3 is 20.7 Å². The molecule has 166 valence electrons. The highest BCUT2D eigenvalue weighted by molar-refractivity contribution is 7.80. The summed E-state index contributed by atoms with van der Waals surface area (Å²) in [6, 6.07) is 15.1. The lowest BCUT2D eigenvalue weighted by molar-refractivity contribution is 0.0499.